The van der Waals surface area contributed by atoms with E-state index >= 15 is 0 Å². The maximum atomic E-state index is 12.8. The van der Waals surface area contributed by atoms with Gasteiger partial charge in [0.15, 0.2) is 0 Å². The summed E-state index contributed by atoms with van der Waals surface area (Å²) in [5.41, 5.74) is 1.16. The second kappa shape index (κ2) is 7.44. The van der Waals surface area contributed by atoms with Crippen LogP contribution in [-0.4, -0.2) is 29.9 Å². The molecular weight excluding hydrogens is 376 g/mol. The number of nitrogens with zero attached hydrogens (tertiary/aromatic N) is 2. The maximum Gasteiger partial charge on any atom is 0.269 e. The summed E-state index contributed by atoms with van der Waals surface area (Å²) < 4.78 is 5.82. The van der Waals surface area contributed by atoms with Crippen LogP contribution in [0.4, 0.5) is 5.69 Å². The van der Waals surface area contributed by atoms with E-state index in [2.05, 4.69) is 15.9 Å². The first-order valence-electron chi connectivity index (χ1n) is 7.20. The van der Waals surface area contributed by atoms with Gasteiger partial charge in [0.1, 0.15) is 5.75 Å². The van der Waals surface area contributed by atoms with Crippen LogP contribution in [0, 0.1) is 10.1 Å². The van der Waals surface area contributed by atoms with Gasteiger partial charge in [0.2, 0.25) is 0 Å². The molecule has 126 valence electrons. The molecule has 1 atom stereocenters. The summed E-state index contributed by atoms with van der Waals surface area (Å²) in [6, 6.07) is 11.1. The molecule has 6 nitrogen and oxygen atoms in total. The van der Waals surface area contributed by atoms with Gasteiger partial charge in [-0.3, -0.25) is 14.9 Å². The summed E-state index contributed by atoms with van der Waals surface area (Å²) in [7, 11) is 3.20. The minimum absolute atomic E-state index is 0.00256. The van der Waals surface area contributed by atoms with Gasteiger partial charge in [0.05, 0.1) is 23.6 Å². The quantitative estimate of drug-likeness (QED) is 0.564. The largest absolute Gasteiger partial charge is 0.497 e. The van der Waals surface area contributed by atoms with Crippen LogP contribution >= 0.6 is 15.9 Å². The monoisotopic (exact) mass is 392 g/mol. The lowest BCUT2D eigenvalue weighted by Crippen LogP contribution is -2.30. The van der Waals surface area contributed by atoms with Crippen LogP contribution in [0.1, 0.15) is 28.9 Å². The Bertz CT molecular complexity index is 779. The summed E-state index contributed by atoms with van der Waals surface area (Å²) in [4.78, 5) is 24.8. The molecule has 0 heterocycles. The molecule has 24 heavy (non-hydrogen) atoms. The van der Waals surface area contributed by atoms with Crippen molar-refractivity contribution >= 4 is 27.5 Å². The Balaban J connectivity index is 2.30. The fourth-order valence-corrected chi connectivity index (χ4v) is 2.70. The van der Waals surface area contributed by atoms with Crippen molar-refractivity contribution in [2.45, 2.75) is 13.0 Å². The highest BCUT2D eigenvalue weighted by Gasteiger charge is 2.22. The Hall–Kier alpha value is -2.41. The maximum absolute atomic E-state index is 12.8. The summed E-state index contributed by atoms with van der Waals surface area (Å²) in [6.07, 6.45) is 0. The fraction of sp³-hybridized carbons (Fsp3) is 0.235. The van der Waals surface area contributed by atoms with E-state index in [1.54, 1.807) is 42.3 Å². The number of carbonyl (C=O) groups excluding carboxylic acids is 1. The average Bonchev–Trinajstić information content (AvgIpc) is 2.60. The molecule has 0 saturated heterocycles. The SMILES string of the molecule is COc1ccc(Br)c(C(=O)N(C)C(C)c2cccc([N+](=O)[O-])c2)c1. The zero-order valence-electron chi connectivity index (χ0n) is 13.5. The van der Waals surface area contributed by atoms with Gasteiger partial charge >= 0.3 is 0 Å². The first-order valence-corrected chi connectivity index (χ1v) is 7.99. The number of rotatable bonds is 5. The molecule has 0 saturated carbocycles. The average molecular weight is 393 g/mol. The third-order valence-electron chi connectivity index (χ3n) is 3.87. The topological polar surface area (TPSA) is 72.7 Å². The number of carbonyl (C=O) groups is 1. The van der Waals surface area contributed by atoms with Gasteiger partial charge in [-0.1, -0.05) is 12.1 Å². The van der Waals surface area contributed by atoms with Crippen LogP contribution in [0.5, 0.6) is 5.75 Å². The van der Waals surface area contributed by atoms with Crippen molar-refractivity contribution in [2.24, 2.45) is 0 Å². The lowest BCUT2D eigenvalue weighted by atomic mass is 10.1. The molecule has 1 unspecified atom stereocenters. The van der Waals surface area contributed by atoms with Gasteiger partial charge < -0.3 is 9.64 Å². The number of non-ortho nitro benzene ring substituents is 1. The van der Waals surface area contributed by atoms with E-state index < -0.39 is 4.92 Å². The summed E-state index contributed by atoms with van der Waals surface area (Å²) in [6.45, 7) is 1.82. The molecule has 7 heteroatoms. The molecule has 0 aliphatic heterocycles. The Morgan fingerprint density at radius 3 is 2.62 bits per heavy atom. The Kier molecular flexibility index (Phi) is 5.56. The van der Waals surface area contributed by atoms with E-state index in [0.717, 1.165) is 0 Å². The van der Waals surface area contributed by atoms with Crippen molar-refractivity contribution in [2.75, 3.05) is 14.2 Å². The highest BCUT2D eigenvalue weighted by Crippen LogP contribution is 2.28. The standard InChI is InChI=1S/C17H17BrN2O4/c1-11(12-5-4-6-13(9-12)20(22)23)19(2)17(21)15-10-14(24-3)7-8-16(15)18/h4-11H,1-3H3. The van der Waals surface area contributed by atoms with Crippen LogP contribution in [0.2, 0.25) is 0 Å². The smallest absolute Gasteiger partial charge is 0.269 e. The van der Waals surface area contributed by atoms with Crippen molar-refractivity contribution in [3.05, 3.63) is 68.2 Å². The van der Waals surface area contributed by atoms with Crippen molar-refractivity contribution in [1.82, 2.24) is 4.90 Å². The van der Waals surface area contributed by atoms with E-state index in [-0.39, 0.29) is 17.6 Å². The second-order valence-corrected chi connectivity index (χ2v) is 6.14. The fourth-order valence-electron chi connectivity index (χ4n) is 2.28. The Labute approximate surface area is 148 Å². The number of amides is 1. The van der Waals surface area contributed by atoms with Crippen molar-refractivity contribution in [1.29, 1.82) is 0 Å². The molecule has 2 aromatic rings. The number of methoxy groups -OCH3 is 1. The van der Waals surface area contributed by atoms with E-state index in [1.807, 2.05) is 6.92 Å². The molecule has 0 aliphatic rings. The van der Waals surface area contributed by atoms with Crippen molar-refractivity contribution in [3.63, 3.8) is 0 Å². The van der Waals surface area contributed by atoms with Gasteiger partial charge in [-0.2, -0.15) is 0 Å². The number of benzene rings is 2. The van der Waals surface area contributed by atoms with Gasteiger partial charge in [0, 0.05) is 23.7 Å². The van der Waals surface area contributed by atoms with Crippen LogP contribution in [0.25, 0.3) is 0 Å². The molecule has 1 amide bonds. The van der Waals surface area contributed by atoms with Gasteiger partial charge in [-0.05, 0) is 46.6 Å². The van der Waals surface area contributed by atoms with Crippen LogP contribution < -0.4 is 4.74 Å². The lowest BCUT2D eigenvalue weighted by molar-refractivity contribution is -0.384. The molecule has 2 rings (SSSR count). The zero-order valence-corrected chi connectivity index (χ0v) is 15.1. The minimum atomic E-state index is -0.448. The molecule has 0 N–H and O–H groups in total. The van der Waals surface area contributed by atoms with Crippen LogP contribution in [0.3, 0.4) is 0 Å². The van der Waals surface area contributed by atoms with Crippen LogP contribution in [-0.2, 0) is 0 Å². The number of nitro groups is 1. The van der Waals surface area contributed by atoms with Gasteiger partial charge in [-0.25, -0.2) is 0 Å². The summed E-state index contributed by atoms with van der Waals surface area (Å²) >= 11 is 3.37. The Morgan fingerprint density at radius 1 is 1.29 bits per heavy atom. The highest BCUT2D eigenvalue weighted by molar-refractivity contribution is 9.10. The first-order chi connectivity index (χ1) is 11.3. The summed E-state index contributed by atoms with van der Waals surface area (Å²) in [5, 5.41) is 10.9. The third kappa shape index (κ3) is 3.73. The number of hydrogen-bond donors (Lipinski definition) is 0. The summed E-state index contributed by atoms with van der Waals surface area (Å²) in [5.74, 6) is 0.373. The van der Waals surface area contributed by atoms with Crippen LogP contribution in [0.15, 0.2) is 46.9 Å². The van der Waals surface area contributed by atoms with Crippen molar-refractivity contribution in [3.8, 4) is 5.75 Å². The molecule has 0 bridgehead atoms. The number of hydrogen-bond acceptors (Lipinski definition) is 4. The van der Waals surface area contributed by atoms with Gasteiger partial charge in [-0.15, -0.1) is 0 Å². The predicted octanol–water partition coefficient (Wildman–Crippen LogP) is 4.20. The molecular formula is C17H17BrN2O4. The van der Waals surface area contributed by atoms with Crippen molar-refractivity contribution < 1.29 is 14.5 Å². The number of ether oxygens (including phenoxy) is 1. The minimum Gasteiger partial charge on any atom is -0.497 e. The van der Waals surface area contributed by atoms with E-state index in [4.69, 9.17) is 4.74 Å². The molecule has 0 radical (unpaired) electrons. The Morgan fingerprint density at radius 2 is 2.00 bits per heavy atom. The molecule has 2 aromatic carbocycles. The number of nitro benzene ring substituents is 1. The first kappa shape index (κ1) is 17.9. The zero-order chi connectivity index (χ0) is 17.9. The molecule has 0 spiro atoms. The van der Waals surface area contributed by atoms with E-state index in [9.17, 15) is 14.9 Å². The lowest BCUT2D eigenvalue weighted by Gasteiger charge is -2.26. The predicted molar refractivity (Wildman–Crippen MR) is 94.3 cm³/mol. The molecule has 0 aromatic heterocycles. The molecule has 0 aliphatic carbocycles. The number of halogens is 1. The highest BCUT2D eigenvalue weighted by atomic mass is 79.9. The third-order valence-corrected chi connectivity index (χ3v) is 4.56. The van der Waals surface area contributed by atoms with Gasteiger partial charge in [0.25, 0.3) is 11.6 Å². The van der Waals surface area contributed by atoms with E-state index in [0.29, 0.717) is 21.3 Å². The normalized spacial score (nSPS) is 11.7. The van der Waals surface area contributed by atoms with E-state index in [1.165, 1.54) is 19.2 Å². The second-order valence-electron chi connectivity index (χ2n) is 5.29. The molecule has 0 fully saturated rings.